The van der Waals surface area contributed by atoms with Crippen molar-refractivity contribution in [1.82, 2.24) is 5.43 Å². The number of rotatable bonds is 0. The molecule has 92 valence electrons. The molecule has 2 heteroatoms. The average Bonchev–Trinajstić information content (AvgIpc) is 2.50. The van der Waals surface area contributed by atoms with Crippen LogP contribution in [0.25, 0.3) is 11.3 Å². The monoisotopic (exact) mass is 238 g/mol. The van der Waals surface area contributed by atoms with Crippen LogP contribution < -0.4 is 5.43 Å². The molecule has 0 bridgehead atoms. The molecule has 0 fully saturated rings. The maximum Gasteiger partial charge on any atom is 0.0685 e. The highest BCUT2D eigenvalue weighted by molar-refractivity contribution is 6.27. The maximum absolute atomic E-state index is 4.54. The van der Waals surface area contributed by atoms with Gasteiger partial charge >= 0.3 is 0 Å². The minimum atomic E-state index is 0.899. The van der Waals surface area contributed by atoms with Gasteiger partial charge in [0.25, 0.3) is 0 Å². The van der Waals surface area contributed by atoms with Crippen LogP contribution in [0, 0.1) is 6.92 Å². The normalized spacial score (nSPS) is 18.6. The zero-order valence-corrected chi connectivity index (χ0v) is 11.0. The van der Waals surface area contributed by atoms with E-state index < -0.39 is 0 Å². The van der Waals surface area contributed by atoms with Crippen molar-refractivity contribution in [2.45, 2.75) is 33.1 Å². The van der Waals surface area contributed by atoms with Gasteiger partial charge in [0, 0.05) is 11.1 Å². The van der Waals surface area contributed by atoms with Gasteiger partial charge in [-0.3, -0.25) is 5.43 Å². The summed E-state index contributed by atoms with van der Waals surface area (Å²) in [6.07, 6.45) is 3.43. The molecular weight excluding hydrogens is 220 g/mol. The number of allylic oxidation sites excluding steroid dienone is 2. The van der Waals surface area contributed by atoms with E-state index in [4.69, 9.17) is 0 Å². The second-order valence-electron chi connectivity index (χ2n) is 5.16. The number of benzene rings is 1. The van der Waals surface area contributed by atoms with Crippen LogP contribution in [0.1, 0.15) is 42.9 Å². The molecule has 0 amide bonds. The molecule has 2 aliphatic rings. The largest absolute Gasteiger partial charge is 0.278 e. The molecule has 18 heavy (non-hydrogen) atoms. The first-order valence-corrected chi connectivity index (χ1v) is 6.50. The van der Waals surface area contributed by atoms with Gasteiger partial charge in [0.05, 0.1) is 11.4 Å². The summed E-state index contributed by atoms with van der Waals surface area (Å²) in [5, 5.41) is 4.54. The predicted molar refractivity (Wildman–Crippen MR) is 77.2 cm³/mol. The van der Waals surface area contributed by atoms with E-state index in [0.717, 1.165) is 12.1 Å². The summed E-state index contributed by atoms with van der Waals surface area (Å²) in [5.41, 5.74) is 11.8. The second-order valence-corrected chi connectivity index (χ2v) is 5.16. The summed E-state index contributed by atoms with van der Waals surface area (Å²) in [6.45, 7) is 8.50. The third kappa shape index (κ3) is 1.60. The topological polar surface area (TPSA) is 24.4 Å². The minimum Gasteiger partial charge on any atom is -0.278 e. The smallest absolute Gasteiger partial charge is 0.0685 e. The molecule has 0 aromatic heterocycles. The number of hydrogen-bond acceptors (Lipinski definition) is 2. The lowest BCUT2D eigenvalue weighted by atomic mass is 9.82. The molecule has 0 saturated heterocycles. The van der Waals surface area contributed by atoms with Gasteiger partial charge in [-0.2, -0.15) is 5.10 Å². The van der Waals surface area contributed by atoms with Crippen LogP contribution >= 0.6 is 0 Å². The highest BCUT2D eigenvalue weighted by atomic mass is 15.3. The number of nitrogens with one attached hydrogen (secondary N) is 1. The Kier molecular flexibility index (Phi) is 2.58. The molecule has 1 aliphatic carbocycles. The Morgan fingerprint density at radius 2 is 2.06 bits per heavy atom. The van der Waals surface area contributed by atoms with Gasteiger partial charge in [-0.25, -0.2) is 0 Å². The van der Waals surface area contributed by atoms with Crippen molar-refractivity contribution in [3.05, 3.63) is 47.0 Å². The van der Waals surface area contributed by atoms with Crippen molar-refractivity contribution in [2.24, 2.45) is 5.10 Å². The van der Waals surface area contributed by atoms with Gasteiger partial charge in [0.2, 0.25) is 0 Å². The molecular formula is C16H18N2. The van der Waals surface area contributed by atoms with Crippen molar-refractivity contribution < 1.29 is 0 Å². The Balaban J connectivity index is 2.35. The first-order valence-electron chi connectivity index (χ1n) is 6.50. The fourth-order valence-corrected chi connectivity index (χ4v) is 2.93. The van der Waals surface area contributed by atoms with Gasteiger partial charge in [-0.05, 0) is 44.2 Å². The highest BCUT2D eigenvalue weighted by Crippen LogP contribution is 2.37. The number of fused-ring (bicyclic) bond motifs is 3. The van der Waals surface area contributed by atoms with Gasteiger partial charge < -0.3 is 0 Å². The molecule has 1 aliphatic heterocycles. The molecule has 0 saturated carbocycles. The Morgan fingerprint density at radius 3 is 2.89 bits per heavy atom. The molecule has 0 radical (unpaired) electrons. The van der Waals surface area contributed by atoms with Gasteiger partial charge in [0.1, 0.15) is 0 Å². The number of aryl methyl sites for hydroxylation is 1. The summed E-state index contributed by atoms with van der Waals surface area (Å²) in [4.78, 5) is 0. The minimum absolute atomic E-state index is 0.899. The van der Waals surface area contributed by atoms with E-state index in [1.807, 2.05) is 0 Å². The van der Waals surface area contributed by atoms with Crippen molar-refractivity contribution in [3.8, 4) is 0 Å². The first-order chi connectivity index (χ1) is 8.68. The molecule has 3 rings (SSSR count). The average molecular weight is 238 g/mol. The number of nitrogens with zero attached hydrogens (tertiary/aromatic N) is 1. The first kappa shape index (κ1) is 11.3. The predicted octanol–water partition coefficient (Wildman–Crippen LogP) is 3.88. The second kappa shape index (κ2) is 4.13. The lowest BCUT2D eigenvalue weighted by Crippen LogP contribution is -2.12. The van der Waals surface area contributed by atoms with E-state index >= 15 is 0 Å². The SMILES string of the molecule is C=C1NN=C2CCCC(C)=C2c2c(C)cccc21. The van der Waals surface area contributed by atoms with Gasteiger partial charge in [-0.15, -0.1) is 0 Å². The fourth-order valence-electron chi connectivity index (χ4n) is 2.93. The van der Waals surface area contributed by atoms with Crippen LogP contribution in [0.15, 0.2) is 35.5 Å². The van der Waals surface area contributed by atoms with E-state index in [1.54, 1.807) is 0 Å². The fraction of sp³-hybridized carbons (Fsp3) is 0.312. The Hall–Kier alpha value is -1.83. The Morgan fingerprint density at radius 1 is 1.22 bits per heavy atom. The molecule has 1 aromatic carbocycles. The summed E-state index contributed by atoms with van der Waals surface area (Å²) in [5.74, 6) is 0. The lowest BCUT2D eigenvalue weighted by Gasteiger charge is -2.21. The van der Waals surface area contributed by atoms with Crippen LogP contribution in [0.5, 0.6) is 0 Å². The molecule has 2 nitrogen and oxygen atoms in total. The third-order valence-corrected chi connectivity index (χ3v) is 3.85. The van der Waals surface area contributed by atoms with Crippen molar-refractivity contribution >= 4 is 17.0 Å². The third-order valence-electron chi connectivity index (χ3n) is 3.85. The standard InChI is InChI=1S/C16H18N2/c1-10-6-4-8-13-12(3)17-18-14-9-5-7-11(2)16(14)15(10)13/h4,6,8,17H,3,5,7,9H2,1-2H3. The molecule has 1 aromatic rings. The van der Waals surface area contributed by atoms with Crippen LogP contribution in [-0.2, 0) is 0 Å². The van der Waals surface area contributed by atoms with Crippen LogP contribution in [0.2, 0.25) is 0 Å². The summed E-state index contributed by atoms with van der Waals surface area (Å²) < 4.78 is 0. The summed E-state index contributed by atoms with van der Waals surface area (Å²) in [7, 11) is 0. The van der Waals surface area contributed by atoms with E-state index in [-0.39, 0.29) is 0 Å². The summed E-state index contributed by atoms with van der Waals surface area (Å²) in [6, 6.07) is 6.39. The number of hydrogen-bond donors (Lipinski definition) is 1. The van der Waals surface area contributed by atoms with E-state index in [1.165, 1.54) is 46.4 Å². The molecule has 1 N–H and O–H groups in total. The number of hydrazone groups is 1. The van der Waals surface area contributed by atoms with E-state index in [2.05, 4.69) is 49.2 Å². The quantitative estimate of drug-likeness (QED) is 0.728. The summed E-state index contributed by atoms with van der Waals surface area (Å²) >= 11 is 0. The molecule has 1 heterocycles. The van der Waals surface area contributed by atoms with E-state index in [0.29, 0.717) is 0 Å². The van der Waals surface area contributed by atoms with Gasteiger partial charge in [0.15, 0.2) is 0 Å². The Bertz CT molecular complexity index is 591. The van der Waals surface area contributed by atoms with Crippen LogP contribution in [0.4, 0.5) is 0 Å². The van der Waals surface area contributed by atoms with Crippen molar-refractivity contribution in [3.63, 3.8) is 0 Å². The molecule has 0 spiro atoms. The zero-order chi connectivity index (χ0) is 12.7. The lowest BCUT2D eigenvalue weighted by molar-refractivity contribution is 0.832. The van der Waals surface area contributed by atoms with Crippen LogP contribution in [0.3, 0.4) is 0 Å². The maximum atomic E-state index is 4.54. The molecule has 0 unspecified atom stereocenters. The Labute approximate surface area is 108 Å². The van der Waals surface area contributed by atoms with E-state index in [9.17, 15) is 0 Å². The van der Waals surface area contributed by atoms with Crippen LogP contribution in [-0.4, -0.2) is 5.71 Å². The van der Waals surface area contributed by atoms with Crippen molar-refractivity contribution in [2.75, 3.05) is 0 Å². The van der Waals surface area contributed by atoms with Gasteiger partial charge in [-0.1, -0.05) is 30.4 Å². The molecule has 0 atom stereocenters. The highest BCUT2D eigenvalue weighted by Gasteiger charge is 2.24. The zero-order valence-electron chi connectivity index (χ0n) is 11.0. The van der Waals surface area contributed by atoms with Crippen molar-refractivity contribution in [1.29, 1.82) is 0 Å².